The molecule has 1 aliphatic carbocycles. The molecule has 2 rings (SSSR count). The Balaban J connectivity index is 1.79. The van der Waals surface area contributed by atoms with Gasteiger partial charge in [0.25, 0.3) is 0 Å². The maximum Gasteiger partial charge on any atom is 0.220 e. The number of halogens is 2. The molecule has 0 atom stereocenters. The van der Waals surface area contributed by atoms with E-state index in [0.717, 1.165) is 31.7 Å². The van der Waals surface area contributed by atoms with Gasteiger partial charge in [-0.05, 0) is 30.9 Å². The van der Waals surface area contributed by atoms with Crippen LogP contribution in [-0.2, 0) is 11.2 Å². The van der Waals surface area contributed by atoms with Crippen LogP contribution in [0.5, 0.6) is 0 Å². The zero-order chi connectivity index (χ0) is 16.0. The van der Waals surface area contributed by atoms with Crippen molar-refractivity contribution in [2.45, 2.75) is 57.0 Å². The highest BCUT2D eigenvalue weighted by atomic mass is 19.2. The molecule has 1 aromatic rings. The first kappa shape index (κ1) is 16.9. The molecule has 1 saturated carbocycles. The van der Waals surface area contributed by atoms with E-state index in [2.05, 4.69) is 5.32 Å². The number of nitrogens with one attached hydrogen (secondary N) is 1. The SMILES string of the molecule is O=C(CCc1cccc(F)c1F)NCC1(O)CCCCCC1. The maximum atomic E-state index is 13.5. The number of amides is 1. The first-order valence-electron chi connectivity index (χ1n) is 7.92. The molecule has 1 aliphatic rings. The molecule has 0 radical (unpaired) electrons. The maximum absolute atomic E-state index is 13.5. The van der Waals surface area contributed by atoms with Crippen molar-refractivity contribution >= 4 is 5.91 Å². The molecular weight excluding hydrogens is 288 g/mol. The van der Waals surface area contributed by atoms with Crippen LogP contribution in [0.1, 0.15) is 50.5 Å². The number of aliphatic hydroxyl groups is 1. The Morgan fingerprint density at radius 3 is 2.55 bits per heavy atom. The van der Waals surface area contributed by atoms with E-state index in [0.29, 0.717) is 12.8 Å². The van der Waals surface area contributed by atoms with E-state index in [4.69, 9.17) is 0 Å². The van der Waals surface area contributed by atoms with Crippen molar-refractivity contribution in [3.8, 4) is 0 Å². The highest BCUT2D eigenvalue weighted by Crippen LogP contribution is 2.26. The minimum absolute atomic E-state index is 0.0798. The summed E-state index contributed by atoms with van der Waals surface area (Å²) in [5.41, 5.74) is -0.626. The van der Waals surface area contributed by atoms with Crippen LogP contribution >= 0.6 is 0 Å². The summed E-state index contributed by atoms with van der Waals surface area (Å²) >= 11 is 0. The minimum atomic E-state index is -0.898. The van der Waals surface area contributed by atoms with Crippen molar-refractivity contribution in [3.63, 3.8) is 0 Å². The van der Waals surface area contributed by atoms with Crippen LogP contribution in [0, 0.1) is 11.6 Å². The first-order valence-corrected chi connectivity index (χ1v) is 7.92. The highest BCUT2D eigenvalue weighted by molar-refractivity contribution is 5.76. The van der Waals surface area contributed by atoms with Gasteiger partial charge in [-0.1, -0.05) is 37.8 Å². The quantitative estimate of drug-likeness (QED) is 0.821. The molecule has 0 heterocycles. The Morgan fingerprint density at radius 2 is 1.86 bits per heavy atom. The monoisotopic (exact) mass is 311 g/mol. The lowest BCUT2D eigenvalue weighted by Gasteiger charge is -2.26. The van der Waals surface area contributed by atoms with Gasteiger partial charge in [-0.2, -0.15) is 0 Å². The molecule has 0 bridgehead atoms. The van der Waals surface area contributed by atoms with Crippen molar-refractivity contribution in [1.82, 2.24) is 5.32 Å². The fourth-order valence-corrected chi connectivity index (χ4v) is 2.90. The molecule has 2 N–H and O–H groups in total. The Labute approximate surface area is 129 Å². The molecule has 0 aromatic heterocycles. The third-order valence-corrected chi connectivity index (χ3v) is 4.30. The van der Waals surface area contributed by atoms with E-state index in [9.17, 15) is 18.7 Å². The van der Waals surface area contributed by atoms with E-state index in [1.165, 1.54) is 12.1 Å². The minimum Gasteiger partial charge on any atom is -0.388 e. The van der Waals surface area contributed by atoms with Gasteiger partial charge >= 0.3 is 0 Å². The molecule has 3 nitrogen and oxygen atoms in total. The molecule has 0 spiro atoms. The third-order valence-electron chi connectivity index (χ3n) is 4.30. The number of carbonyl (C=O) groups is 1. The normalized spacial score (nSPS) is 17.8. The standard InChI is InChI=1S/C17H23F2NO2/c18-14-7-5-6-13(16(14)19)8-9-15(21)20-12-17(22)10-3-1-2-4-11-17/h5-7,22H,1-4,8-12H2,(H,20,21). The van der Waals surface area contributed by atoms with E-state index in [1.54, 1.807) is 0 Å². The Bertz CT molecular complexity index is 511. The van der Waals surface area contributed by atoms with Crippen molar-refractivity contribution in [2.24, 2.45) is 0 Å². The first-order chi connectivity index (χ1) is 10.5. The van der Waals surface area contributed by atoms with Crippen LogP contribution in [-0.4, -0.2) is 23.2 Å². The second kappa shape index (κ2) is 7.68. The van der Waals surface area contributed by atoms with E-state index >= 15 is 0 Å². The zero-order valence-electron chi connectivity index (χ0n) is 12.7. The number of rotatable bonds is 5. The van der Waals surface area contributed by atoms with Crippen LogP contribution in [0.15, 0.2) is 18.2 Å². The van der Waals surface area contributed by atoms with Gasteiger partial charge in [-0.3, -0.25) is 4.79 Å². The van der Waals surface area contributed by atoms with E-state index in [-0.39, 0.29) is 30.9 Å². The van der Waals surface area contributed by atoms with Crippen LogP contribution in [0.25, 0.3) is 0 Å². The number of hydrogen-bond donors (Lipinski definition) is 2. The van der Waals surface area contributed by atoms with Crippen molar-refractivity contribution in [3.05, 3.63) is 35.4 Å². The fraction of sp³-hybridized carbons (Fsp3) is 0.588. The Kier molecular flexibility index (Phi) is 5.89. The molecule has 1 fully saturated rings. The fourth-order valence-electron chi connectivity index (χ4n) is 2.90. The molecule has 0 saturated heterocycles. The van der Waals surface area contributed by atoms with Crippen LogP contribution in [0.3, 0.4) is 0 Å². The predicted octanol–water partition coefficient (Wildman–Crippen LogP) is 3.10. The molecule has 1 aromatic carbocycles. The second-order valence-electron chi connectivity index (χ2n) is 6.13. The second-order valence-corrected chi connectivity index (χ2v) is 6.13. The predicted molar refractivity (Wildman–Crippen MR) is 80.3 cm³/mol. The van der Waals surface area contributed by atoms with Gasteiger partial charge in [0.2, 0.25) is 5.91 Å². The third kappa shape index (κ3) is 4.77. The largest absolute Gasteiger partial charge is 0.388 e. The van der Waals surface area contributed by atoms with Crippen LogP contribution in [0.4, 0.5) is 8.78 Å². The number of carbonyl (C=O) groups excluding carboxylic acids is 1. The summed E-state index contributed by atoms with van der Waals surface area (Å²) in [5, 5.41) is 13.2. The smallest absolute Gasteiger partial charge is 0.220 e. The summed E-state index contributed by atoms with van der Waals surface area (Å²) in [4.78, 5) is 11.8. The van der Waals surface area contributed by atoms with Gasteiger partial charge in [0, 0.05) is 13.0 Å². The summed E-state index contributed by atoms with van der Waals surface area (Å²) in [6, 6.07) is 3.96. The van der Waals surface area contributed by atoms with Crippen LogP contribution < -0.4 is 5.32 Å². The number of benzene rings is 1. The van der Waals surface area contributed by atoms with E-state index in [1.807, 2.05) is 0 Å². The van der Waals surface area contributed by atoms with Crippen molar-refractivity contribution in [2.75, 3.05) is 6.54 Å². The molecule has 1 amide bonds. The van der Waals surface area contributed by atoms with Gasteiger partial charge in [-0.15, -0.1) is 0 Å². The number of hydrogen-bond acceptors (Lipinski definition) is 2. The van der Waals surface area contributed by atoms with E-state index < -0.39 is 17.2 Å². The average Bonchev–Trinajstić information content (AvgIpc) is 2.72. The topological polar surface area (TPSA) is 49.3 Å². The van der Waals surface area contributed by atoms with Gasteiger partial charge in [0.05, 0.1) is 5.60 Å². The van der Waals surface area contributed by atoms with Gasteiger partial charge in [0.1, 0.15) is 0 Å². The highest BCUT2D eigenvalue weighted by Gasteiger charge is 2.28. The average molecular weight is 311 g/mol. The molecule has 122 valence electrons. The lowest BCUT2D eigenvalue weighted by Crippen LogP contribution is -2.42. The Morgan fingerprint density at radius 1 is 1.18 bits per heavy atom. The molecule has 5 heteroatoms. The molecule has 0 unspecified atom stereocenters. The molecule has 0 aliphatic heterocycles. The zero-order valence-corrected chi connectivity index (χ0v) is 12.7. The Hall–Kier alpha value is -1.49. The molecule has 22 heavy (non-hydrogen) atoms. The number of aryl methyl sites for hydroxylation is 1. The lowest BCUT2D eigenvalue weighted by molar-refractivity contribution is -0.122. The summed E-state index contributed by atoms with van der Waals surface area (Å²) in [6.07, 6.45) is 5.81. The summed E-state index contributed by atoms with van der Waals surface area (Å²) in [7, 11) is 0. The van der Waals surface area contributed by atoms with Crippen molar-refractivity contribution < 1.29 is 18.7 Å². The lowest BCUT2D eigenvalue weighted by atomic mass is 9.94. The summed E-state index contributed by atoms with van der Waals surface area (Å²) in [5.74, 6) is -2.04. The van der Waals surface area contributed by atoms with Gasteiger partial charge in [-0.25, -0.2) is 8.78 Å². The van der Waals surface area contributed by atoms with Gasteiger partial charge in [0.15, 0.2) is 11.6 Å². The van der Waals surface area contributed by atoms with Crippen molar-refractivity contribution in [1.29, 1.82) is 0 Å². The van der Waals surface area contributed by atoms with Crippen LogP contribution in [0.2, 0.25) is 0 Å². The summed E-state index contributed by atoms with van der Waals surface area (Å²) in [6.45, 7) is 0.234. The van der Waals surface area contributed by atoms with Gasteiger partial charge < -0.3 is 10.4 Å². The summed E-state index contributed by atoms with van der Waals surface area (Å²) < 4.78 is 26.6. The molecular formula is C17H23F2NO2.